The fourth-order valence-electron chi connectivity index (χ4n) is 3.63. The molecule has 0 spiro atoms. The van der Waals surface area contributed by atoms with Gasteiger partial charge in [0.25, 0.3) is 0 Å². The Balaban J connectivity index is 1.48. The Labute approximate surface area is 183 Å². The van der Waals surface area contributed by atoms with Gasteiger partial charge in [-0.1, -0.05) is 0 Å². The van der Waals surface area contributed by atoms with Gasteiger partial charge >= 0.3 is 183 Å². The molecule has 0 bridgehead atoms. The minimum atomic E-state index is -3.87. The van der Waals surface area contributed by atoms with E-state index < -0.39 is 38.7 Å². The SMILES string of the molecule is CCC(=O)OC[C@H](C)N[PH]1(O)OC[C@H]2O[C@@H](n3cnc4c(OC)nc(N)nc43)[C@@H](O)[C@@H]2O1. The second-order valence-corrected chi connectivity index (χ2v) is 9.50. The summed E-state index contributed by atoms with van der Waals surface area (Å²) in [5, 5.41) is 13.8. The van der Waals surface area contributed by atoms with E-state index in [0.717, 1.165) is 0 Å². The Morgan fingerprint density at radius 3 is 3.00 bits per heavy atom. The summed E-state index contributed by atoms with van der Waals surface area (Å²) in [4.78, 5) is 34.6. The van der Waals surface area contributed by atoms with Gasteiger partial charge in [0, 0.05) is 0 Å². The Kier molecular flexibility index (Phi) is 6.45. The summed E-state index contributed by atoms with van der Waals surface area (Å²) in [6.07, 6.45) is -1.92. The van der Waals surface area contributed by atoms with Crippen molar-refractivity contribution in [3.05, 3.63) is 6.33 Å². The van der Waals surface area contributed by atoms with Crippen molar-refractivity contribution < 1.29 is 38.1 Å². The standard InChI is InChI=1S/C17H27N6O8P/c1-4-10(24)28-5-8(2)22-32(26)29-6-9-13(31-32)12(25)16(30-9)23-7-19-11-14(23)20-17(18)21-15(11)27-3/h7-9,12-13,16,22,25-26,32H,4-6H2,1-3H3,(H2,18,20,21)/t8-,9+,12-,13+,16+/m0/s1. The zero-order valence-electron chi connectivity index (χ0n) is 17.8. The minimum absolute atomic E-state index is 0.0114. The number of aliphatic hydroxyl groups excluding tert-OH is 1. The number of nitrogens with zero attached hydrogens (tertiary/aromatic N) is 4. The monoisotopic (exact) mass is 474 g/mol. The van der Waals surface area contributed by atoms with E-state index in [9.17, 15) is 14.8 Å². The molecular weight excluding hydrogens is 447 g/mol. The zero-order valence-corrected chi connectivity index (χ0v) is 18.8. The van der Waals surface area contributed by atoms with Gasteiger partial charge in [-0.25, -0.2) is 0 Å². The fourth-order valence-corrected chi connectivity index (χ4v) is 5.60. The third-order valence-corrected chi connectivity index (χ3v) is 7.14. The summed E-state index contributed by atoms with van der Waals surface area (Å²) in [7, 11) is -2.44. The second-order valence-electron chi connectivity index (χ2n) is 7.53. The molecule has 2 aromatic heterocycles. The van der Waals surface area contributed by atoms with Crippen LogP contribution in [0.2, 0.25) is 0 Å². The molecule has 32 heavy (non-hydrogen) atoms. The van der Waals surface area contributed by atoms with Gasteiger partial charge in [-0.15, -0.1) is 0 Å². The van der Waals surface area contributed by atoms with Crippen LogP contribution in [-0.4, -0.2) is 80.2 Å². The Hall–Kier alpha value is -2.19. The summed E-state index contributed by atoms with van der Waals surface area (Å²) < 4.78 is 29.0. The van der Waals surface area contributed by atoms with Crippen molar-refractivity contribution in [2.24, 2.45) is 0 Å². The molecule has 0 saturated carbocycles. The molecule has 2 aliphatic heterocycles. The Bertz CT molecular complexity index is 993. The molecule has 2 aromatic rings. The molecule has 2 saturated heterocycles. The molecule has 4 heterocycles. The van der Waals surface area contributed by atoms with Crippen LogP contribution in [-0.2, 0) is 23.3 Å². The molecule has 0 aliphatic carbocycles. The van der Waals surface area contributed by atoms with Crippen LogP contribution < -0.4 is 15.6 Å². The number of rotatable bonds is 7. The Morgan fingerprint density at radius 2 is 2.28 bits per heavy atom. The predicted molar refractivity (Wildman–Crippen MR) is 111 cm³/mol. The number of anilines is 1. The van der Waals surface area contributed by atoms with Gasteiger partial charge < -0.3 is 0 Å². The number of carbonyl (C=O) groups is 1. The van der Waals surface area contributed by atoms with Crippen molar-refractivity contribution in [2.75, 3.05) is 26.1 Å². The van der Waals surface area contributed by atoms with E-state index in [2.05, 4.69) is 20.0 Å². The number of carbonyl (C=O) groups excluding carboxylic acids is 1. The molecule has 0 radical (unpaired) electrons. The molecular formula is C17H27N6O8P. The van der Waals surface area contributed by atoms with E-state index in [1.54, 1.807) is 13.8 Å². The van der Waals surface area contributed by atoms with Crippen LogP contribution in [0.15, 0.2) is 6.33 Å². The van der Waals surface area contributed by atoms with E-state index in [4.69, 9.17) is 29.0 Å². The molecule has 2 aliphatic rings. The normalized spacial score (nSPS) is 28.8. The molecule has 0 aromatic carbocycles. The first-order chi connectivity index (χ1) is 15.2. The van der Waals surface area contributed by atoms with Gasteiger partial charge in [-0.3, -0.25) is 0 Å². The molecule has 14 nitrogen and oxygen atoms in total. The molecule has 4 rings (SSSR count). The van der Waals surface area contributed by atoms with Gasteiger partial charge in [0.1, 0.15) is 0 Å². The predicted octanol–water partition coefficient (Wildman–Crippen LogP) is -0.576. The third-order valence-electron chi connectivity index (χ3n) is 5.13. The zero-order chi connectivity index (χ0) is 23.0. The average molecular weight is 474 g/mol. The third kappa shape index (κ3) is 4.35. The number of nitrogens with two attached hydrogens (primary N) is 1. The van der Waals surface area contributed by atoms with Gasteiger partial charge in [0.05, 0.1) is 0 Å². The van der Waals surface area contributed by atoms with E-state index in [-0.39, 0.29) is 37.4 Å². The van der Waals surface area contributed by atoms with Crippen LogP contribution in [0.4, 0.5) is 5.95 Å². The second kappa shape index (κ2) is 8.98. The van der Waals surface area contributed by atoms with E-state index in [1.165, 1.54) is 18.0 Å². The number of esters is 1. The number of fused-ring (bicyclic) bond motifs is 2. The van der Waals surface area contributed by atoms with Crippen molar-refractivity contribution in [1.82, 2.24) is 24.6 Å². The van der Waals surface area contributed by atoms with Crippen molar-refractivity contribution in [3.63, 3.8) is 0 Å². The van der Waals surface area contributed by atoms with E-state index in [1.807, 2.05) is 0 Å². The number of nitrogens with one attached hydrogen (secondary N) is 1. The number of imidazole rings is 1. The van der Waals surface area contributed by atoms with Crippen LogP contribution in [0, 0.1) is 0 Å². The maximum atomic E-state index is 11.3. The first-order valence-corrected chi connectivity index (χ1v) is 11.9. The number of ether oxygens (including phenoxy) is 3. The quantitative estimate of drug-likeness (QED) is 0.295. The molecule has 0 unspecified atom stereocenters. The topological polar surface area (TPSA) is 185 Å². The van der Waals surface area contributed by atoms with Crippen LogP contribution in [0.3, 0.4) is 0 Å². The van der Waals surface area contributed by atoms with Crippen molar-refractivity contribution in [1.29, 1.82) is 0 Å². The summed E-state index contributed by atoms with van der Waals surface area (Å²) in [5.41, 5.74) is 6.42. The van der Waals surface area contributed by atoms with Crippen molar-refractivity contribution >= 4 is 31.2 Å². The molecule has 178 valence electrons. The van der Waals surface area contributed by atoms with Crippen molar-refractivity contribution in [2.45, 2.75) is 50.8 Å². The van der Waals surface area contributed by atoms with E-state index >= 15 is 0 Å². The van der Waals surface area contributed by atoms with Gasteiger partial charge in [0.2, 0.25) is 0 Å². The number of hydrogen-bond donors (Lipinski definition) is 4. The first kappa shape index (κ1) is 23.0. The van der Waals surface area contributed by atoms with Gasteiger partial charge in [-0.05, 0) is 0 Å². The number of methoxy groups -OCH3 is 1. The van der Waals surface area contributed by atoms with Crippen LogP contribution in [0.5, 0.6) is 5.88 Å². The molecule has 2 fully saturated rings. The number of nitrogen functional groups attached to an aromatic ring is 1. The summed E-state index contributed by atoms with van der Waals surface area (Å²) >= 11 is 0. The molecule has 5 atom stereocenters. The van der Waals surface area contributed by atoms with Crippen LogP contribution in [0.25, 0.3) is 11.2 Å². The number of hydrogen-bond acceptors (Lipinski definition) is 13. The van der Waals surface area contributed by atoms with Gasteiger partial charge in [0.15, 0.2) is 0 Å². The number of aromatic nitrogens is 4. The van der Waals surface area contributed by atoms with Crippen molar-refractivity contribution in [3.8, 4) is 5.88 Å². The van der Waals surface area contributed by atoms with E-state index in [0.29, 0.717) is 11.2 Å². The Morgan fingerprint density at radius 1 is 1.50 bits per heavy atom. The molecule has 0 amide bonds. The fraction of sp³-hybridized carbons (Fsp3) is 0.647. The van der Waals surface area contributed by atoms with Crippen LogP contribution >= 0.6 is 8.09 Å². The maximum absolute atomic E-state index is 11.3. The summed E-state index contributed by atoms with van der Waals surface area (Å²) in [6, 6.07) is -0.432. The summed E-state index contributed by atoms with van der Waals surface area (Å²) in [5.74, 6) is -0.183. The molecule has 5 N–H and O–H groups in total. The number of aliphatic hydroxyl groups is 1. The molecule has 15 heteroatoms. The van der Waals surface area contributed by atoms with Crippen LogP contribution in [0.1, 0.15) is 26.5 Å². The summed E-state index contributed by atoms with van der Waals surface area (Å²) in [6.45, 7) is 3.43. The average Bonchev–Trinajstić information content (AvgIpc) is 3.31. The first-order valence-electron chi connectivity index (χ1n) is 10.1. The van der Waals surface area contributed by atoms with Gasteiger partial charge in [-0.2, -0.15) is 0 Å².